The first-order chi connectivity index (χ1) is 8.88. The number of hydrogen-bond donors (Lipinski definition) is 1. The fourth-order valence-electron chi connectivity index (χ4n) is 3.21. The number of nitrogens with zero attached hydrogens (tertiary/aromatic N) is 1. The predicted molar refractivity (Wildman–Crippen MR) is 80.0 cm³/mol. The smallest absolute Gasteiger partial charge is 0.230 e. The van der Waals surface area contributed by atoms with Crippen LogP contribution in [0.4, 0.5) is 0 Å². The van der Waals surface area contributed by atoms with Crippen LogP contribution >= 0.6 is 12.4 Å². The highest BCUT2D eigenvalue weighted by Gasteiger charge is 2.44. The lowest BCUT2D eigenvalue weighted by Gasteiger charge is -2.46. The molecule has 118 valence electrons. The lowest BCUT2D eigenvalue weighted by molar-refractivity contribution is -0.170. The highest BCUT2D eigenvalue weighted by atomic mass is 35.5. The minimum absolute atomic E-state index is 0. The average Bonchev–Trinajstić information content (AvgIpc) is 2.36. The van der Waals surface area contributed by atoms with Gasteiger partial charge in [0, 0.05) is 32.8 Å². The van der Waals surface area contributed by atoms with Crippen LogP contribution in [0.2, 0.25) is 0 Å². The number of nitrogens with two attached hydrogens (primary N) is 1. The number of morpholine rings is 1. The van der Waals surface area contributed by atoms with Crippen molar-refractivity contribution in [3.63, 3.8) is 0 Å². The first kappa shape index (κ1) is 17.7. The standard InChI is InChI=1S/C14H26N2O3.ClH/c1-11-8-16(10-13(2,3)19-11)12(17)14(9-15)4-6-18-7-5-14;/h11H,4-10,15H2,1-3H3;1H. The predicted octanol–water partition coefficient (Wildman–Crippen LogP) is 1.19. The number of rotatable bonds is 2. The molecule has 1 atom stereocenters. The third-order valence-corrected chi connectivity index (χ3v) is 4.15. The molecule has 5 nitrogen and oxygen atoms in total. The van der Waals surface area contributed by atoms with Crippen LogP contribution in [0.1, 0.15) is 33.6 Å². The van der Waals surface area contributed by atoms with Crippen molar-refractivity contribution in [3.8, 4) is 0 Å². The molecule has 2 fully saturated rings. The fourth-order valence-corrected chi connectivity index (χ4v) is 3.21. The maximum Gasteiger partial charge on any atom is 0.230 e. The van der Waals surface area contributed by atoms with Gasteiger partial charge in [-0.2, -0.15) is 0 Å². The van der Waals surface area contributed by atoms with Crippen molar-refractivity contribution in [1.29, 1.82) is 0 Å². The van der Waals surface area contributed by atoms with Crippen molar-refractivity contribution in [2.24, 2.45) is 11.1 Å². The summed E-state index contributed by atoms with van der Waals surface area (Å²) in [5.41, 5.74) is 5.21. The molecule has 1 unspecified atom stereocenters. The van der Waals surface area contributed by atoms with Crippen LogP contribution in [0.25, 0.3) is 0 Å². The van der Waals surface area contributed by atoms with Crippen LogP contribution in [0, 0.1) is 5.41 Å². The molecule has 1 amide bonds. The van der Waals surface area contributed by atoms with Crippen molar-refractivity contribution in [3.05, 3.63) is 0 Å². The van der Waals surface area contributed by atoms with E-state index in [-0.39, 0.29) is 30.0 Å². The Kier molecular flexibility index (Phi) is 5.84. The lowest BCUT2D eigenvalue weighted by atomic mass is 9.78. The number of hydrogen-bond acceptors (Lipinski definition) is 4. The molecule has 0 aliphatic carbocycles. The Morgan fingerprint density at radius 2 is 1.95 bits per heavy atom. The summed E-state index contributed by atoms with van der Waals surface area (Å²) in [6, 6.07) is 0. The first-order valence-electron chi connectivity index (χ1n) is 7.14. The maximum absolute atomic E-state index is 12.9. The van der Waals surface area contributed by atoms with Gasteiger partial charge in [-0.1, -0.05) is 0 Å². The minimum Gasteiger partial charge on any atom is -0.381 e. The van der Waals surface area contributed by atoms with E-state index in [0.717, 1.165) is 12.8 Å². The molecule has 6 heteroatoms. The van der Waals surface area contributed by atoms with Gasteiger partial charge in [0.15, 0.2) is 0 Å². The molecular weight excluding hydrogens is 280 g/mol. The lowest BCUT2D eigenvalue weighted by Crippen LogP contribution is -2.59. The van der Waals surface area contributed by atoms with E-state index >= 15 is 0 Å². The molecule has 2 heterocycles. The molecule has 0 bridgehead atoms. The van der Waals surface area contributed by atoms with Crippen LogP contribution in [0.5, 0.6) is 0 Å². The first-order valence-corrected chi connectivity index (χ1v) is 7.14. The molecule has 2 N–H and O–H groups in total. The van der Waals surface area contributed by atoms with Gasteiger partial charge in [0.2, 0.25) is 5.91 Å². The summed E-state index contributed by atoms with van der Waals surface area (Å²) in [5.74, 6) is 0.182. The molecule has 0 saturated carbocycles. The third kappa shape index (κ3) is 3.64. The Hall–Kier alpha value is -0.360. The summed E-state index contributed by atoms with van der Waals surface area (Å²) in [6.07, 6.45) is 1.53. The van der Waals surface area contributed by atoms with E-state index in [1.165, 1.54) is 0 Å². The molecule has 0 aromatic heterocycles. The van der Waals surface area contributed by atoms with E-state index in [2.05, 4.69) is 0 Å². The van der Waals surface area contributed by atoms with Crippen molar-refractivity contribution in [2.75, 3.05) is 32.8 Å². The summed E-state index contributed by atoms with van der Waals surface area (Å²) >= 11 is 0. The topological polar surface area (TPSA) is 64.8 Å². The zero-order valence-electron chi connectivity index (χ0n) is 12.7. The van der Waals surface area contributed by atoms with E-state index in [0.29, 0.717) is 32.8 Å². The van der Waals surface area contributed by atoms with Crippen LogP contribution in [0.3, 0.4) is 0 Å². The summed E-state index contributed by atoms with van der Waals surface area (Å²) in [4.78, 5) is 14.8. The van der Waals surface area contributed by atoms with Crippen LogP contribution in [-0.2, 0) is 14.3 Å². The zero-order valence-corrected chi connectivity index (χ0v) is 13.5. The number of carbonyl (C=O) groups is 1. The van der Waals surface area contributed by atoms with Gasteiger partial charge in [0.05, 0.1) is 17.1 Å². The van der Waals surface area contributed by atoms with Gasteiger partial charge in [-0.25, -0.2) is 0 Å². The summed E-state index contributed by atoms with van der Waals surface area (Å²) in [5, 5.41) is 0. The molecule has 2 aliphatic rings. The molecule has 20 heavy (non-hydrogen) atoms. The summed E-state index contributed by atoms with van der Waals surface area (Å²) in [7, 11) is 0. The second-order valence-corrected chi connectivity index (χ2v) is 6.47. The van der Waals surface area contributed by atoms with E-state index in [1.807, 2.05) is 25.7 Å². The van der Waals surface area contributed by atoms with Crippen molar-refractivity contribution < 1.29 is 14.3 Å². The highest BCUT2D eigenvalue weighted by Crippen LogP contribution is 2.33. The Balaban J connectivity index is 0.00000200. The van der Waals surface area contributed by atoms with E-state index in [4.69, 9.17) is 15.2 Å². The summed E-state index contributed by atoms with van der Waals surface area (Å²) < 4.78 is 11.2. The monoisotopic (exact) mass is 306 g/mol. The number of carbonyl (C=O) groups excluding carboxylic acids is 1. The highest BCUT2D eigenvalue weighted by molar-refractivity contribution is 5.85. The molecule has 2 saturated heterocycles. The van der Waals surface area contributed by atoms with Gasteiger partial charge in [-0.05, 0) is 33.6 Å². The molecule has 2 aliphatic heterocycles. The SMILES string of the molecule is CC1CN(C(=O)C2(CN)CCOCC2)CC(C)(C)O1.Cl. The van der Waals surface area contributed by atoms with Crippen molar-refractivity contribution in [2.45, 2.75) is 45.3 Å². The second-order valence-electron chi connectivity index (χ2n) is 6.47. The van der Waals surface area contributed by atoms with Crippen molar-refractivity contribution in [1.82, 2.24) is 4.90 Å². The number of halogens is 1. The number of amides is 1. The van der Waals surface area contributed by atoms with Crippen LogP contribution < -0.4 is 5.73 Å². The van der Waals surface area contributed by atoms with Gasteiger partial charge in [-0.15, -0.1) is 12.4 Å². The van der Waals surface area contributed by atoms with Gasteiger partial charge in [-0.3, -0.25) is 4.79 Å². The molecule has 0 radical (unpaired) electrons. The Labute approximate surface area is 127 Å². The molecule has 0 spiro atoms. The van der Waals surface area contributed by atoms with Gasteiger partial charge < -0.3 is 20.1 Å². The van der Waals surface area contributed by atoms with Crippen LogP contribution in [0.15, 0.2) is 0 Å². The summed E-state index contributed by atoms with van der Waals surface area (Å²) in [6.45, 7) is 9.04. The molecule has 0 aromatic rings. The quantitative estimate of drug-likeness (QED) is 0.832. The van der Waals surface area contributed by atoms with Gasteiger partial charge in [0.25, 0.3) is 0 Å². The average molecular weight is 307 g/mol. The normalized spacial score (nSPS) is 28.6. The van der Waals surface area contributed by atoms with Gasteiger partial charge in [0.1, 0.15) is 0 Å². The Morgan fingerprint density at radius 1 is 1.35 bits per heavy atom. The van der Waals surface area contributed by atoms with E-state index in [9.17, 15) is 4.79 Å². The zero-order chi connectivity index (χ0) is 14.1. The van der Waals surface area contributed by atoms with Crippen molar-refractivity contribution >= 4 is 18.3 Å². The Bertz CT molecular complexity index is 343. The largest absolute Gasteiger partial charge is 0.381 e. The van der Waals surface area contributed by atoms with E-state index < -0.39 is 5.41 Å². The Morgan fingerprint density at radius 3 is 2.45 bits per heavy atom. The molecular formula is C14H27ClN2O3. The van der Waals surface area contributed by atoms with Gasteiger partial charge >= 0.3 is 0 Å². The van der Waals surface area contributed by atoms with E-state index in [1.54, 1.807) is 0 Å². The fraction of sp³-hybridized carbons (Fsp3) is 0.929. The molecule has 2 rings (SSSR count). The maximum atomic E-state index is 12.9. The number of ether oxygens (including phenoxy) is 2. The second kappa shape index (κ2) is 6.60. The third-order valence-electron chi connectivity index (χ3n) is 4.15. The van der Waals surface area contributed by atoms with Crippen LogP contribution in [-0.4, -0.2) is 55.4 Å². The minimum atomic E-state index is -0.425. The molecule has 0 aromatic carbocycles.